The number of hydrogen-bond donors (Lipinski definition) is 1. The van der Waals surface area contributed by atoms with Crippen molar-refractivity contribution < 1.29 is 19.1 Å². The summed E-state index contributed by atoms with van der Waals surface area (Å²) in [5.74, 6) is 0.396. The number of nitrogens with one attached hydrogen (secondary N) is 1. The molecule has 24 heavy (non-hydrogen) atoms. The number of ketones is 2. The van der Waals surface area contributed by atoms with Crippen LogP contribution in [0.1, 0.15) is 44.6 Å². The fourth-order valence-corrected chi connectivity index (χ4v) is 2.63. The molecule has 0 fully saturated rings. The zero-order valence-electron chi connectivity index (χ0n) is 14.0. The maximum Gasteiger partial charge on any atom is 0.216 e. The molecule has 0 saturated carbocycles. The molecule has 0 spiro atoms. The number of benzene rings is 1. The van der Waals surface area contributed by atoms with Crippen molar-refractivity contribution >= 4 is 11.6 Å². The van der Waals surface area contributed by atoms with E-state index in [0.717, 1.165) is 0 Å². The van der Waals surface area contributed by atoms with E-state index >= 15 is 0 Å². The summed E-state index contributed by atoms with van der Waals surface area (Å²) in [4.78, 5) is 27.0. The van der Waals surface area contributed by atoms with Gasteiger partial charge in [0.25, 0.3) is 0 Å². The lowest BCUT2D eigenvalue weighted by atomic mass is 10.1. The van der Waals surface area contributed by atoms with Crippen molar-refractivity contribution in [2.24, 2.45) is 0 Å². The molecule has 0 aliphatic rings. The number of nitriles is 1. The van der Waals surface area contributed by atoms with Crippen LogP contribution in [0.5, 0.6) is 11.5 Å². The predicted octanol–water partition coefficient (Wildman–Crippen LogP) is 2.98. The Balaban J connectivity index is 2.19. The maximum atomic E-state index is 12.4. The van der Waals surface area contributed by atoms with E-state index in [1.807, 2.05) is 6.07 Å². The fourth-order valence-electron chi connectivity index (χ4n) is 2.63. The van der Waals surface area contributed by atoms with Gasteiger partial charge < -0.3 is 14.5 Å². The lowest BCUT2D eigenvalue weighted by Gasteiger charge is -2.10. The van der Waals surface area contributed by atoms with Crippen molar-refractivity contribution in [2.75, 3.05) is 13.7 Å². The number of nitrogens with zero attached hydrogens (tertiary/aromatic N) is 1. The Morgan fingerprint density at radius 2 is 1.96 bits per heavy atom. The highest BCUT2D eigenvalue weighted by molar-refractivity contribution is 6.03. The molecule has 0 aliphatic carbocycles. The third-order valence-electron chi connectivity index (χ3n) is 3.72. The molecule has 1 aromatic carbocycles. The van der Waals surface area contributed by atoms with Crippen molar-refractivity contribution in [1.82, 2.24) is 4.98 Å². The molecule has 0 atom stereocenters. The smallest absolute Gasteiger partial charge is 0.216 e. The summed E-state index contributed by atoms with van der Waals surface area (Å²) in [7, 11) is 1.46. The van der Waals surface area contributed by atoms with Crippen LogP contribution in [0.3, 0.4) is 0 Å². The topological polar surface area (TPSA) is 92.2 Å². The summed E-state index contributed by atoms with van der Waals surface area (Å²) in [6, 6.07) is 6.71. The minimum Gasteiger partial charge on any atom is -0.493 e. The second kappa shape index (κ2) is 7.01. The lowest BCUT2D eigenvalue weighted by Crippen LogP contribution is -2.14. The monoisotopic (exact) mass is 326 g/mol. The third kappa shape index (κ3) is 3.30. The van der Waals surface area contributed by atoms with E-state index in [1.165, 1.54) is 20.1 Å². The van der Waals surface area contributed by atoms with Crippen LogP contribution in [0.25, 0.3) is 0 Å². The van der Waals surface area contributed by atoms with E-state index in [1.54, 1.807) is 26.0 Å². The number of aromatic amines is 1. The Morgan fingerprint density at radius 1 is 1.25 bits per heavy atom. The molecule has 0 radical (unpaired) electrons. The molecule has 2 rings (SSSR count). The molecule has 0 amide bonds. The van der Waals surface area contributed by atoms with E-state index in [9.17, 15) is 9.59 Å². The van der Waals surface area contributed by atoms with Gasteiger partial charge >= 0.3 is 0 Å². The molecule has 6 nitrogen and oxygen atoms in total. The molecule has 1 N–H and O–H groups in total. The standard InChI is InChI=1S/C18H18N2O4/c1-10-17(12(3)21)11(2)20-18(10)14(22)9-24-15-6-5-13(8-19)7-16(15)23-4/h5-7,20H,9H2,1-4H3. The van der Waals surface area contributed by atoms with E-state index in [-0.39, 0.29) is 18.2 Å². The summed E-state index contributed by atoms with van der Waals surface area (Å²) >= 11 is 0. The van der Waals surface area contributed by atoms with E-state index < -0.39 is 0 Å². The van der Waals surface area contributed by atoms with Crippen molar-refractivity contribution in [2.45, 2.75) is 20.8 Å². The van der Waals surface area contributed by atoms with Gasteiger partial charge in [0.1, 0.15) is 0 Å². The predicted molar refractivity (Wildman–Crippen MR) is 87.8 cm³/mol. The fraction of sp³-hybridized carbons (Fsp3) is 0.278. The van der Waals surface area contributed by atoms with Gasteiger partial charge in [0.2, 0.25) is 5.78 Å². The molecule has 0 unspecified atom stereocenters. The highest BCUT2D eigenvalue weighted by Crippen LogP contribution is 2.28. The third-order valence-corrected chi connectivity index (χ3v) is 3.72. The molecule has 1 heterocycles. The lowest BCUT2D eigenvalue weighted by molar-refractivity contribution is 0.0914. The van der Waals surface area contributed by atoms with Crippen molar-refractivity contribution in [3.63, 3.8) is 0 Å². The normalized spacial score (nSPS) is 10.1. The first-order chi connectivity index (χ1) is 11.4. The van der Waals surface area contributed by atoms with Gasteiger partial charge in [-0.15, -0.1) is 0 Å². The maximum absolute atomic E-state index is 12.4. The second-order valence-corrected chi connectivity index (χ2v) is 5.37. The van der Waals surface area contributed by atoms with Crippen LogP contribution >= 0.6 is 0 Å². The van der Waals surface area contributed by atoms with E-state index in [2.05, 4.69) is 4.98 Å². The van der Waals surface area contributed by atoms with Gasteiger partial charge in [-0.3, -0.25) is 9.59 Å². The largest absolute Gasteiger partial charge is 0.493 e. The van der Waals surface area contributed by atoms with Crippen molar-refractivity contribution in [3.8, 4) is 17.6 Å². The minimum atomic E-state index is -0.269. The van der Waals surface area contributed by atoms with Gasteiger partial charge in [-0.2, -0.15) is 5.26 Å². The summed E-state index contributed by atoms with van der Waals surface area (Å²) in [6.07, 6.45) is 0. The van der Waals surface area contributed by atoms with Crippen LogP contribution in [0, 0.1) is 25.2 Å². The quantitative estimate of drug-likeness (QED) is 0.824. The molecule has 0 aliphatic heterocycles. The number of hydrogen-bond acceptors (Lipinski definition) is 5. The number of H-pyrrole nitrogens is 1. The molecular formula is C18H18N2O4. The number of methoxy groups -OCH3 is 1. The summed E-state index contributed by atoms with van der Waals surface area (Å²) < 4.78 is 10.7. The molecule has 2 aromatic rings. The molecule has 0 bridgehead atoms. The minimum absolute atomic E-state index is 0.0880. The van der Waals surface area contributed by atoms with Gasteiger partial charge in [0.05, 0.1) is 24.4 Å². The zero-order chi connectivity index (χ0) is 17.9. The number of ether oxygens (including phenoxy) is 2. The SMILES string of the molecule is COc1cc(C#N)ccc1OCC(=O)c1[nH]c(C)c(C(C)=O)c1C. The Morgan fingerprint density at radius 3 is 2.50 bits per heavy atom. The number of carbonyl (C=O) groups excluding carboxylic acids is 2. The Kier molecular flexibility index (Phi) is 5.05. The van der Waals surface area contributed by atoms with Gasteiger partial charge in [-0.1, -0.05) is 0 Å². The average Bonchev–Trinajstić information content (AvgIpc) is 2.87. The molecule has 1 aromatic heterocycles. The van der Waals surface area contributed by atoms with Crippen molar-refractivity contribution in [1.29, 1.82) is 5.26 Å². The number of carbonyl (C=O) groups is 2. The second-order valence-electron chi connectivity index (χ2n) is 5.37. The van der Waals surface area contributed by atoms with Gasteiger partial charge in [-0.25, -0.2) is 0 Å². The number of Topliss-reactive ketones (excluding diaryl/α,β-unsaturated/α-hetero) is 2. The number of aryl methyl sites for hydroxylation is 1. The van der Waals surface area contributed by atoms with Crippen LogP contribution in [0.4, 0.5) is 0 Å². The van der Waals surface area contributed by atoms with Crippen LogP contribution in [0.15, 0.2) is 18.2 Å². The van der Waals surface area contributed by atoms with Crippen LogP contribution in [0.2, 0.25) is 0 Å². The number of rotatable bonds is 6. The van der Waals surface area contributed by atoms with Crippen molar-refractivity contribution in [3.05, 3.63) is 46.3 Å². The molecule has 0 saturated heterocycles. The zero-order valence-corrected chi connectivity index (χ0v) is 14.0. The van der Waals surface area contributed by atoms with E-state index in [0.29, 0.717) is 39.6 Å². The summed E-state index contributed by atoms with van der Waals surface area (Å²) in [5.41, 5.74) is 2.63. The highest BCUT2D eigenvalue weighted by Gasteiger charge is 2.20. The molecule has 6 heteroatoms. The Labute approximate surface area is 140 Å². The average molecular weight is 326 g/mol. The van der Waals surface area contributed by atoms with E-state index in [4.69, 9.17) is 14.7 Å². The first-order valence-corrected chi connectivity index (χ1v) is 7.33. The number of aromatic nitrogens is 1. The molecular weight excluding hydrogens is 308 g/mol. The van der Waals surface area contributed by atoms with Gasteiger partial charge in [0.15, 0.2) is 23.9 Å². The first kappa shape index (κ1) is 17.3. The first-order valence-electron chi connectivity index (χ1n) is 7.33. The van der Waals surface area contributed by atoms with Gasteiger partial charge in [-0.05, 0) is 38.5 Å². The van der Waals surface area contributed by atoms with Crippen LogP contribution < -0.4 is 9.47 Å². The van der Waals surface area contributed by atoms with Crippen LogP contribution in [-0.4, -0.2) is 30.3 Å². The Hall–Kier alpha value is -3.07. The molecule has 124 valence electrons. The summed E-state index contributed by atoms with van der Waals surface area (Å²) in [5, 5.41) is 8.89. The highest BCUT2D eigenvalue weighted by atomic mass is 16.5. The summed E-state index contributed by atoms with van der Waals surface area (Å²) in [6.45, 7) is 4.75. The van der Waals surface area contributed by atoms with Crippen LogP contribution in [-0.2, 0) is 0 Å². The Bertz CT molecular complexity index is 843. The van der Waals surface area contributed by atoms with Gasteiger partial charge in [0, 0.05) is 17.3 Å².